The summed E-state index contributed by atoms with van der Waals surface area (Å²) in [7, 11) is 1.43. The summed E-state index contributed by atoms with van der Waals surface area (Å²) in [5.41, 5.74) is -2.41. The van der Waals surface area contributed by atoms with Gasteiger partial charge in [-0.2, -0.15) is 31.4 Å². The Bertz CT molecular complexity index is 2120. The molecular formula is C34H23Cl3F9N5O2. The van der Waals surface area contributed by atoms with E-state index in [4.69, 9.17) is 34.8 Å². The van der Waals surface area contributed by atoms with Gasteiger partial charge in [-0.05, 0) is 54.1 Å². The number of nitrogens with zero attached hydrogens (tertiary/aromatic N) is 3. The molecule has 0 fully saturated rings. The Labute approximate surface area is 309 Å². The second-order valence-corrected chi connectivity index (χ2v) is 12.1. The Hall–Kier alpha value is -4.80. The molecule has 5 rings (SSSR count). The lowest BCUT2D eigenvalue weighted by atomic mass is 10.0. The van der Waals surface area contributed by atoms with Crippen LogP contribution in [0.25, 0.3) is 11.1 Å². The van der Waals surface area contributed by atoms with Crippen LogP contribution >= 0.6 is 34.8 Å². The molecule has 3 aromatic carbocycles. The molecule has 0 unspecified atom stereocenters. The smallest absolute Gasteiger partial charge is 0.352 e. The van der Waals surface area contributed by atoms with Crippen LogP contribution in [-0.4, -0.2) is 33.1 Å². The van der Waals surface area contributed by atoms with Crippen LogP contribution in [0.15, 0.2) is 79.1 Å². The molecule has 0 aliphatic carbocycles. The molecule has 2 aromatic heterocycles. The number of hydrogen-bond donors (Lipinski definition) is 2. The number of halogens is 12. The zero-order valence-corrected chi connectivity index (χ0v) is 29.0. The third-order valence-electron chi connectivity index (χ3n) is 7.14. The lowest BCUT2D eigenvalue weighted by Crippen LogP contribution is -2.28. The van der Waals surface area contributed by atoms with Crippen molar-refractivity contribution in [3.8, 4) is 11.1 Å². The van der Waals surface area contributed by atoms with E-state index in [1.807, 2.05) is 0 Å². The van der Waals surface area contributed by atoms with Gasteiger partial charge in [-0.15, -0.1) is 0 Å². The molecule has 53 heavy (non-hydrogen) atoms. The van der Waals surface area contributed by atoms with Gasteiger partial charge >= 0.3 is 12.4 Å². The number of aromatic nitrogens is 3. The van der Waals surface area contributed by atoms with Gasteiger partial charge in [-0.3, -0.25) is 19.3 Å². The molecule has 5 aromatic rings. The van der Waals surface area contributed by atoms with Gasteiger partial charge in [-0.25, -0.2) is 13.2 Å². The van der Waals surface area contributed by atoms with Crippen molar-refractivity contribution in [3.05, 3.63) is 134 Å². The summed E-state index contributed by atoms with van der Waals surface area (Å²) in [4.78, 5) is 28.1. The lowest BCUT2D eigenvalue weighted by molar-refractivity contribution is -0.138. The molecule has 7 nitrogen and oxygen atoms in total. The summed E-state index contributed by atoms with van der Waals surface area (Å²) in [5.74, 6) is -2.28. The number of carbonyl (C=O) groups excluding carboxylic acids is 2. The van der Waals surface area contributed by atoms with Crippen molar-refractivity contribution in [2.75, 3.05) is 11.9 Å². The van der Waals surface area contributed by atoms with Crippen LogP contribution in [0.1, 0.15) is 49.7 Å². The van der Waals surface area contributed by atoms with Crippen molar-refractivity contribution < 1.29 is 49.1 Å². The first-order valence-electron chi connectivity index (χ1n) is 14.8. The van der Waals surface area contributed by atoms with Crippen LogP contribution in [0.5, 0.6) is 0 Å². The fourth-order valence-electron chi connectivity index (χ4n) is 4.68. The normalized spacial score (nSPS) is 11.6. The number of carbonyl (C=O) groups is 2. The molecule has 0 saturated heterocycles. The number of rotatable bonds is 8. The van der Waals surface area contributed by atoms with Crippen molar-refractivity contribution in [3.63, 3.8) is 0 Å². The van der Waals surface area contributed by atoms with Gasteiger partial charge in [0.15, 0.2) is 0 Å². The first-order valence-corrected chi connectivity index (χ1v) is 15.9. The zero-order chi connectivity index (χ0) is 39.2. The minimum absolute atomic E-state index is 0.0447. The van der Waals surface area contributed by atoms with E-state index >= 15 is 0 Å². The Morgan fingerprint density at radius 3 is 2.15 bits per heavy atom. The van der Waals surface area contributed by atoms with E-state index in [2.05, 4.69) is 20.7 Å². The first kappa shape index (κ1) is 41.0. The maximum absolute atomic E-state index is 13.8. The summed E-state index contributed by atoms with van der Waals surface area (Å²) in [6, 6.07) is 13.3. The van der Waals surface area contributed by atoms with Crippen LogP contribution in [0, 0.1) is 5.82 Å². The number of anilines is 1. The number of hydrogen-bond acceptors (Lipinski definition) is 4. The minimum Gasteiger partial charge on any atom is -0.352 e. The van der Waals surface area contributed by atoms with E-state index in [0.717, 1.165) is 28.9 Å². The Kier molecular flexibility index (Phi) is 13.1. The number of pyridine rings is 1. The van der Waals surface area contributed by atoms with E-state index in [-0.39, 0.29) is 40.0 Å². The van der Waals surface area contributed by atoms with E-state index in [9.17, 15) is 49.1 Å². The monoisotopic (exact) mass is 809 g/mol. The summed E-state index contributed by atoms with van der Waals surface area (Å²) in [6.45, 7) is -0.150. The van der Waals surface area contributed by atoms with Crippen LogP contribution in [0.3, 0.4) is 0 Å². The van der Waals surface area contributed by atoms with Crippen LogP contribution in [0.2, 0.25) is 15.1 Å². The second kappa shape index (κ2) is 16.9. The number of alkyl halides is 8. The van der Waals surface area contributed by atoms with Gasteiger partial charge in [0, 0.05) is 43.7 Å². The molecule has 280 valence electrons. The highest BCUT2D eigenvalue weighted by Crippen LogP contribution is 2.35. The van der Waals surface area contributed by atoms with Crippen LogP contribution in [-0.2, 0) is 25.8 Å². The molecule has 2 amide bonds. The summed E-state index contributed by atoms with van der Waals surface area (Å²) < 4.78 is 117. The molecule has 0 aliphatic rings. The Morgan fingerprint density at radius 1 is 0.830 bits per heavy atom. The van der Waals surface area contributed by atoms with Gasteiger partial charge in [0.1, 0.15) is 11.5 Å². The number of benzene rings is 3. The molecule has 19 heteroatoms. The highest BCUT2D eigenvalue weighted by atomic mass is 35.5. The Balaban J connectivity index is 0.000000237. The quantitative estimate of drug-likeness (QED) is 0.153. The van der Waals surface area contributed by atoms with Crippen molar-refractivity contribution in [2.45, 2.75) is 25.2 Å². The molecule has 2 heterocycles. The van der Waals surface area contributed by atoms with Crippen LogP contribution in [0.4, 0.5) is 45.2 Å². The number of amides is 2. The third kappa shape index (κ3) is 10.6. The zero-order valence-electron chi connectivity index (χ0n) is 26.7. The van der Waals surface area contributed by atoms with Gasteiger partial charge in [0.05, 0.1) is 43.0 Å². The fourth-order valence-corrected chi connectivity index (χ4v) is 5.24. The second-order valence-electron chi connectivity index (χ2n) is 10.9. The molecule has 0 aliphatic heterocycles. The molecule has 2 N–H and O–H groups in total. The number of nitrogens with one attached hydrogen (secondary N) is 2. The summed E-state index contributed by atoms with van der Waals surface area (Å²) in [6.07, 6.45) is -10.4. The summed E-state index contributed by atoms with van der Waals surface area (Å²) in [5, 5.41) is 8.73. The van der Waals surface area contributed by atoms with E-state index < -0.39 is 58.8 Å². The predicted octanol–water partition coefficient (Wildman–Crippen LogP) is 10.5. The van der Waals surface area contributed by atoms with Crippen molar-refractivity contribution in [1.82, 2.24) is 20.1 Å². The van der Waals surface area contributed by atoms with Crippen molar-refractivity contribution in [1.29, 1.82) is 0 Å². The van der Waals surface area contributed by atoms with Gasteiger partial charge < -0.3 is 10.6 Å². The number of aryl methyl sites for hydroxylation is 1. The predicted molar refractivity (Wildman–Crippen MR) is 180 cm³/mol. The SMILES string of the molecule is Cn1cc(C(=O)Nc2ccc(F)cc2-c2ccc(Cl)c(Cl)c2)c(C(F)F)n1.O=C(NCCc1ncc(C(F)(F)F)cc1Cl)c1ccccc1C(F)(F)F. The largest absolute Gasteiger partial charge is 0.417 e. The average molecular weight is 811 g/mol. The highest BCUT2D eigenvalue weighted by molar-refractivity contribution is 6.42. The topological polar surface area (TPSA) is 88.9 Å². The van der Waals surface area contributed by atoms with Gasteiger partial charge in [0.25, 0.3) is 18.2 Å². The van der Waals surface area contributed by atoms with Crippen molar-refractivity contribution in [2.24, 2.45) is 7.05 Å². The molecule has 0 atom stereocenters. The maximum Gasteiger partial charge on any atom is 0.417 e. The minimum atomic E-state index is -4.69. The fraction of sp³-hybridized carbons (Fsp3) is 0.176. The van der Waals surface area contributed by atoms with E-state index in [0.29, 0.717) is 28.4 Å². The van der Waals surface area contributed by atoms with Gasteiger partial charge in [0.2, 0.25) is 0 Å². The van der Waals surface area contributed by atoms with E-state index in [1.165, 1.54) is 43.6 Å². The highest BCUT2D eigenvalue weighted by Gasteiger charge is 2.35. The molecule has 0 saturated carbocycles. The lowest BCUT2D eigenvalue weighted by Gasteiger charge is -2.13. The third-order valence-corrected chi connectivity index (χ3v) is 8.20. The first-order chi connectivity index (χ1) is 24.8. The van der Waals surface area contributed by atoms with Crippen molar-refractivity contribution >= 4 is 52.3 Å². The van der Waals surface area contributed by atoms with Crippen LogP contribution < -0.4 is 10.6 Å². The Morgan fingerprint density at radius 2 is 1.53 bits per heavy atom. The molecular weight excluding hydrogens is 788 g/mol. The van der Waals surface area contributed by atoms with Gasteiger partial charge in [-0.1, -0.05) is 53.0 Å². The average Bonchev–Trinajstić information content (AvgIpc) is 3.49. The summed E-state index contributed by atoms with van der Waals surface area (Å²) >= 11 is 17.6. The van der Waals surface area contributed by atoms with E-state index in [1.54, 1.807) is 6.07 Å². The molecule has 0 radical (unpaired) electrons. The molecule has 0 bridgehead atoms. The maximum atomic E-state index is 13.8. The molecule has 0 spiro atoms. The standard InChI is InChI=1S/C18H12Cl2F3N3O.C16H11ClF6N2O/c1-26-8-12(16(25-26)17(22)23)18(27)24-15-5-3-10(21)7-11(15)9-2-4-13(19)14(20)6-9;17-12-7-9(15(18,19)20)8-25-13(12)5-6-24-14(26)10-3-1-2-4-11(10)16(21,22)23/h2-8,17H,1H3,(H,24,27);1-4,7-8H,5-6H2,(H,24,26).